The Morgan fingerprint density at radius 3 is 2.58 bits per heavy atom. The molecule has 0 fully saturated rings. The van der Waals surface area contributed by atoms with Crippen LogP contribution in [-0.4, -0.2) is 43.7 Å². The molecule has 0 aliphatic heterocycles. The van der Waals surface area contributed by atoms with Crippen LogP contribution in [-0.2, 0) is 6.54 Å². The molecule has 1 atom stereocenters. The van der Waals surface area contributed by atoms with Gasteiger partial charge in [-0.15, -0.1) is 0 Å². The lowest BCUT2D eigenvalue weighted by Gasteiger charge is -2.16. The first-order chi connectivity index (χ1) is 15.7. The van der Waals surface area contributed by atoms with Gasteiger partial charge in [0.2, 0.25) is 0 Å². The van der Waals surface area contributed by atoms with E-state index in [4.69, 9.17) is 10.3 Å². The van der Waals surface area contributed by atoms with E-state index in [-0.39, 0.29) is 18.1 Å². The Morgan fingerprint density at radius 2 is 1.88 bits per heavy atom. The van der Waals surface area contributed by atoms with Crippen LogP contribution in [0.4, 0.5) is 27.8 Å². The maximum Gasteiger partial charge on any atom is 0.405 e. The van der Waals surface area contributed by atoms with Crippen molar-refractivity contribution in [2.75, 3.05) is 11.9 Å². The number of hydrogen-bond donors (Lipinski definition) is 2. The van der Waals surface area contributed by atoms with Crippen LogP contribution >= 0.6 is 0 Å². The first-order valence-electron chi connectivity index (χ1n) is 9.53. The van der Waals surface area contributed by atoms with Crippen LogP contribution in [0.15, 0.2) is 53.4 Å². The Morgan fingerprint density at radius 1 is 1.09 bits per heavy atom. The third-order valence-electron chi connectivity index (χ3n) is 4.64. The van der Waals surface area contributed by atoms with Crippen LogP contribution in [0.5, 0.6) is 0 Å². The van der Waals surface area contributed by atoms with Crippen LogP contribution < -0.4 is 11.1 Å². The summed E-state index contributed by atoms with van der Waals surface area (Å²) in [4.78, 5) is 7.82. The van der Waals surface area contributed by atoms with E-state index in [1.54, 1.807) is 24.3 Å². The van der Waals surface area contributed by atoms with Crippen LogP contribution in [0.3, 0.4) is 0 Å². The van der Waals surface area contributed by atoms with Crippen molar-refractivity contribution in [3.8, 4) is 22.9 Å². The van der Waals surface area contributed by atoms with Crippen molar-refractivity contribution in [3.05, 3.63) is 66.1 Å². The molecule has 172 valence electrons. The molecule has 1 unspecified atom stereocenters. The molecular formula is C20H16F5N7O. The standard InChI is InChI=1S/C20H16F5N7O/c21-12-4-2-1-3-11(12)10-32-16(14-5-6-33-31-14)7-15(30-32)19-27-8-13(22)18(29-19)28-9-17(26)20(23,24)25/h1-8,17H,9-10,26H2,(H,27,28,29). The topological polar surface area (TPSA) is 108 Å². The van der Waals surface area contributed by atoms with Gasteiger partial charge in [0, 0.05) is 18.2 Å². The fraction of sp³-hybridized carbons (Fsp3) is 0.200. The minimum absolute atomic E-state index is 0.0294. The number of alkyl halides is 3. The average molecular weight is 465 g/mol. The molecular weight excluding hydrogens is 449 g/mol. The number of anilines is 1. The summed E-state index contributed by atoms with van der Waals surface area (Å²) < 4.78 is 72.5. The Kier molecular flexibility index (Phi) is 6.05. The number of nitrogens with one attached hydrogen (secondary N) is 1. The predicted octanol–water partition coefficient (Wildman–Crippen LogP) is 3.62. The number of nitrogens with two attached hydrogens (primary N) is 1. The Balaban J connectivity index is 1.67. The third-order valence-corrected chi connectivity index (χ3v) is 4.64. The van der Waals surface area contributed by atoms with Crippen molar-refractivity contribution in [1.82, 2.24) is 24.9 Å². The van der Waals surface area contributed by atoms with Crippen molar-refractivity contribution in [2.45, 2.75) is 18.8 Å². The van der Waals surface area contributed by atoms with Gasteiger partial charge in [0.1, 0.15) is 29.5 Å². The largest absolute Gasteiger partial charge is 0.405 e. The fourth-order valence-corrected chi connectivity index (χ4v) is 2.92. The minimum Gasteiger partial charge on any atom is -0.366 e. The van der Waals surface area contributed by atoms with Gasteiger partial charge in [-0.1, -0.05) is 23.4 Å². The molecule has 0 radical (unpaired) electrons. The van der Waals surface area contributed by atoms with E-state index < -0.39 is 36.2 Å². The highest BCUT2D eigenvalue weighted by Crippen LogP contribution is 2.26. The number of aromatic nitrogens is 5. The minimum atomic E-state index is -4.66. The first kappa shape index (κ1) is 22.3. The van der Waals surface area contributed by atoms with Crippen molar-refractivity contribution >= 4 is 5.82 Å². The lowest BCUT2D eigenvalue weighted by atomic mass is 10.2. The van der Waals surface area contributed by atoms with Gasteiger partial charge < -0.3 is 15.6 Å². The smallest absolute Gasteiger partial charge is 0.366 e. The summed E-state index contributed by atoms with van der Waals surface area (Å²) in [6, 6.07) is 7.00. The number of rotatable bonds is 7. The molecule has 33 heavy (non-hydrogen) atoms. The second-order valence-electron chi connectivity index (χ2n) is 6.97. The van der Waals surface area contributed by atoms with E-state index >= 15 is 0 Å². The molecule has 4 aromatic rings. The molecule has 0 bridgehead atoms. The average Bonchev–Trinajstić information content (AvgIpc) is 3.44. The molecule has 0 aliphatic carbocycles. The van der Waals surface area contributed by atoms with Crippen molar-refractivity contribution in [3.63, 3.8) is 0 Å². The highest BCUT2D eigenvalue weighted by atomic mass is 19.4. The molecule has 13 heteroatoms. The highest BCUT2D eigenvalue weighted by molar-refractivity contribution is 5.63. The van der Waals surface area contributed by atoms with Gasteiger partial charge in [0.15, 0.2) is 17.5 Å². The fourth-order valence-electron chi connectivity index (χ4n) is 2.92. The monoisotopic (exact) mass is 465 g/mol. The zero-order chi connectivity index (χ0) is 23.6. The van der Waals surface area contributed by atoms with Crippen molar-refractivity contribution < 1.29 is 26.5 Å². The summed E-state index contributed by atoms with van der Waals surface area (Å²) in [7, 11) is 0. The van der Waals surface area contributed by atoms with Gasteiger partial charge in [-0.25, -0.2) is 18.7 Å². The quantitative estimate of drug-likeness (QED) is 0.402. The Bertz CT molecular complexity index is 1240. The summed E-state index contributed by atoms with van der Waals surface area (Å²) in [5.41, 5.74) is 6.38. The van der Waals surface area contributed by atoms with E-state index in [2.05, 4.69) is 25.5 Å². The molecule has 3 aromatic heterocycles. The van der Waals surface area contributed by atoms with Crippen molar-refractivity contribution in [2.24, 2.45) is 5.73 Å². The normalized spacial score (nSPS) is 12.7. The maximum absolute atomic E-state index is 14.2. The van der Waals surface area contributed by atoms with E-state index in [9.17, 15) is 22.0 Å². The van der Waals surface area contributed by atoms with Gasteiger partial charge in [-0.2, -0.15) is 18.3 Å². The van der Waals surface area contributed by atoms with Crippen LogP contribution in [0.1, 0.15) is 5.56 Å². The van der Waals surface area contributed by atoms with E-state index in [0.717, 1.165) is 6.20 Å². The molecule has 0 amide bonds. The second-order valence-corrected chi connectivity index (χ2v) is 6.97. The van der Waals surface area contributed by atoms with Crippen molar-refractivity contribution in [1.29, 1.82) is 0 Å². The molecule has 0 aliphatic rings. The Labute approximate surface area is 183 Å². The first-order valence-corrected chi connectivity index (χ1v) is 9.53. The van der Waals surface area contributed by atoms with E-state index in [1.807, 2.05) is 0 Å². The molecule has 0 spiro atoms. The molecule has 8 nitrogen and oxygen atoms in total. The summed E-state index contributed by atoms with van der Waals surface area (Å²) in [6.45, 7) is -0.760. The molecule has 3 N–H and O–H groups in total. The number of hydrogen-bond acceptors (Lipinski definition) is 7. The SMILES string of the molecule is NC(CNc1nc(-c2cc(-c3ccon3)n(Cc3ccccc3F)n2)ncc1F)C(F)(F)F. The third kappa shape index (κ3) is 4.98. The molecule has 1 aromatic carbocycles. The Hall–Kier alpha value is -3.87. The van der Waals surface area contributed by atoms with Crippen LogP contribution in [0.25, 0.3) is 22.9 Å². The van der Waals surface area contributed by atoms with Gasteiger partial charge >= 0.3 is 6.18 Å². The zero-order valence-corrected chi connectivity index (χ0v) is 16.7. The van der Waals surface area contributed by atoms with E-state index in [1.165, 1.54) is 23.1 Å². The lowest BCUT2D eigenvalue weighted by Crippen LogP contribution is -2.43. The number of benzene rings is 1. The summed E-state index contributed by atoms with van der Waals surface area (Å²) in [6.07, 6.45) is -2.51. The predicted molar refractivity (Wildman–Crippen MR) is 107 cm³/mol. The summed E-state index contributed by atoms with van der Waals surface area (Å²) in [5.74, 6) is -1.94. The van der Waals surface area contributed by atoms with E-state index in [0.29, 0.717) is 17.0 Å². The highest BCUT2D eigenvalue weighted by Gasteiger charge is 2.36. The molecule has 0 saturated carbocycles. The van der Waals surface area contributed by atoms with Crippen LogP contribution in [0, 0.1) is 11.6 Å². The molecule has 0 saturated heterocycles. The second kappa shape index (κ2) is 8.94. The molecule has 4 rings (SSSR count). The van der Waals surface area contributed by atoms with Gasteiger partial charge in [-0.3, -0.25) is 4.68 Å². The van der Waals surface area contributed by atoms with Gasteiger partial charge in [-0.05, 0) is 12.1 Å². The van der Waals surface area contributed by atoms with Gasteiger partial charge in [0.05, 0.1) is 18.4 Å². The number of halogens is 5. The lowest BCUT2D eigenvalue weighted by molar-refractivity contribution is -0.144. The van der Waals surface area contributed by atoms with Gasteiger partial charge in [0.25, 0.3) is 0 Å². The maximum atomic E-state index is 14.2. The summed E-state index contributed by atoms with van der Waals surface area (Å²) in [5, 5.41) is 10.5. The summed E-state index contributed by atoms with van der Waals surface area (Å²) >= 11 is 0. The van der Waals surface area contributed by atoms with Crippen LogP contribution in [0.2, 0.25) is 0 Å². The zero-order valence-electron chi connectivity index (χ0n) is 16.7. The number of nitrogens with zero attached hydrogens (tertiary/aromatic N) is 5. The molecule has 3 heterocycles.